The molecular weight excluding hydrogens is 276 g/mol. The van der Waals surface area contributed by atoms with Crippen molar-refractivity contribution < 1.29 is 19.6 Å². The van der Waals surface area contributed by atoms with E-state index in [1.54, 1.807) is 24.3 Å². The van der Waals surface area contributed by atoms with Gasteiger partial charge in [-0.05, 0) is 35.4 Å². The fraction of sp³-hybridized carbons (Fsp3) is 0. The van der Waals surface area contributed by atoms with Crippen LogP contribution in [0.15, 0.2) is 42.5 Å². The van der Waals surface area contributed by atoms with Crippen LogP contribution in [-0.4, -0.2) is 22.4 Å². The quantitative estimate of drug-likeness (QED) is 0.509. The number of benzene rings is 2. The van der Waals surface area contributed by atoms with E-state index in [4.69, 9.17) is 5.11 Å². The van der Waals surface area contributed by atoms with Crippen LogP contribution in [0.25, 0.3) is 11.1 Å². The summed E-state index contributed by atoms with van der Waals surface area (Å²) in [5.41, 5.74) is 1.49. The standard InChI is InChI=1S/C14H10N2O5/c17-8-11-7-10(3-6-13(11)16(20)21)9-1-4-12(5-2-9)15-14(18)19/h1-8,15H,(H,18,19). The molecule has 0 unspecified atom stereocenters. The number of carbonyl (C=O) groups is 2. The Morgan fingerprint density at radius 3 is 2.29 bits per heavy atom. The molecule has 7 nitrogen and oxygen atoms in total. The molecule has 0 saturated carbocycles. The zero-order valence-electron chi connectivity index (χ0n) is 10.6. The first-order chi connectivity index (χ1) is 10.0. The second-order valence-electron chi connectivity index (χ2n) is 4.16. The van der Waals surface area contributed by atoms with Crippen LogP contribution >= 0.6 is 0 Å². The van der Waals surface area contributed by atoms with E-state index in [0.717, 1.165) is 0 Å². The van der Waals surface area contributed by atoms with Gasteiger partial charge in [0.25, 0.3) is 5.69 Å². The van der Waals surface area contributed by atoms with Crippen molar-refractivity contribution in [2.75, 3.05) is 5.32 Å². The van der Waals surface area contributed by atoms with Gasteiger partial charge >= 0.3 is 6.09 Å². The number of hydrogen-bond donors (Lipinski definition) is 2. The lowest BCUT2D eigenvalue weighted by Crippen LogP contribution is -2.06. The van der Waals surface area contributed by atoms with Crippen molar-refractivity contribution in [2.24, 2.45) is 0 Å². The molecule has 0 spiro atoms. The number of aldehydes is 1. The van der Waals surface area contributed by atoms with Gasteiger partial charge in [0.05, 0.1) is 10.5 Å². The van der Waals surface area contributed by atoms with E-state index in [-0.39, 0.29) is 11.3 Å². The average molecular weight is 286 g/mol. The Morgan fingerprint density at radius 1 is 1.14 bits per heavy atom. The summed E-state index contributed by atoms with van der Waals surface area (Å²) in [6.07, 6.45) is -0.733. The Morgan fingerprint density at radius 2 is 1.76 bits per heavy atom. The third-order valence-corrected chi connectivity index (χ3v) is 2.82. The molecule has 0 radical (unpaired) electrons. The maximum Gasteiger partial charge on any atom is 0.409 e. The Labute approximate surface area is 119 Å². The van der Waals surface area contributed by atoms with Crippen molar-refractivity contribution in [3.05, 3.63) is 58.1 Å². The summed E-state index contributed by atoms with van der Waals surface area (Å²) >= 11 is 0. The number of nitro benzene ring substituents is 1. The number of nitrogens with zero attached hydrogens (tertiary/aromatic N) is 1. The third-order valence-electron chi connectivity index (χ3n) is 2.82. The lowest BCUT2D eigenvalue weighted by molar-refractivity contribution is -0.385. The first kappa shape index (κ1) is 14.2. The Bertz CT molecular complexity index is 710. The minimum Gasteiger partial charge on any atom is -0.465 e. The van der Waals surface area contributed by atoms with Gasteiger partial charge in [-0.2, -0.15) is 0 Å². The van der Waals surface area contributed by atoms with E-state index >= 15 is 0 Å². The lowest BCUT2D eigenvalue weighted by Gasteiger charge is -2.05. The number of carboxylic acid groups (broad SMARTS) is 1. The van der Waals surface area contributed by atoms with Crippen molar-refractivity contribution >= 4 is 23.8 Å². The highest BCUT2D eigenvalue weighted by Gasteiger charge is 2.13. The van der Waals surface area contributed by atoms with E-state index in [1.165, 1.54) is 18.2 Å². The molecule has 0 bridgehead atoms. The molecule has 0 aliphatic heterocycles. The molecule has 0 saturated heterocycles. The maximum atomic E-state index is 10.9. The minimum atomic E-state index is -1.17. The van der Waals surface area contributed by atoms with Crippen LogP contribution in [0.4, 0.5) is 16.2 Å². The monoisotopic (exact) mass is 286 g/mol. The zero-order valence-corrected chi connectivity index (χ0v) is 10.6. The smallest absolute Gasteiger partial charge is 0.409 e. The van der Waals surface area contributed by atoms with Crippen molar-refractivity contribution in [3.63, 3.8) is 0 Å². The van der Waals surface area contributed by atoms with E-state index in [1.807, 2.05) is 0 Å². The first-order valence-corrected chi connectivity index (χ1v) is 5.85. The highest BCUT2D eigenvalue weighted by molar-refractivity contribution is 5.86. The third kappa shape index (κ3) is 3.21. The molecule has 2 N–H and O–H groups in total. The topological polar surface area (TPSA) is 110 Å². The summed E-state index contributed by atoms with van der Waals surface area (Å²) in [5, 5.41) is 21.6. The molecule has 0 atom stereocenters. The number of anilines is 1. The molecule has 2 aromatic rings. The molecule has 0 aromatic heterocycles. The molecule has 0 aliphatic rings. The summed E-state index contributed by atoms with van der Waals surface area (Å²) < 4.78 is 0. The number of carbonyl (C=O) groups excluding carboxylic acids is 1. The first-order valence-electron chi connectivity index (χ1n) is 5.85. The van der Waals surface area contributed by atoms with E-state index in [0.29, 0.717) is 23.1 Å². The predicted molar refractivity (Wildman–Crippen MR) is 75.6 cm³/mol. The van der Waals surface area contributed by atoms with Crippen LogP contribution in [0, 0.1) is 10.1 Å². The van der Waals surface area contributed by atoms with E-state index < -0.39 is 11.0 Å². The molecule has 0 aliphatic carbocycles. The second-order valence-corrected chi connectivity index (χ2v) is 4.16. The van der Waals surface area contributed by atoms with Crippen LogP contribution in [0.1, 0.15) is 10.4 Å². The van der Waals surface area contributed by atoms with Gasteiger partial charge < -0.3 is 5.11 Å². The SMILES string of the molecule is O=Cc1cc(-c2ccc(NC(=O)O)cc2)ccc1[N+](=O)[O-]. The number of nitro groups is 1. The molecule has 2 rings (SSSR count). The Balaban J connectivity index is 2.36. The summed E-state index contributed by atoms with van der Waals surface area (Å²) in [6, 6.07) is 10.6. The zero-order chi connectivity index (χ0) is 15.4. The summed E-state index contributed by atoms with van der Waals surface area (Å²) in [7, 11) is 0. The normalized spacial score (nSPS) is 9.90. The molecule has 2 aromatic carbocycles. The molecule has 1 amide bonds. The maximum absolute atomic E-state index is 10.9. The lowest BCUT2D eigenvalue weighted by atomic mass is 10.0. The van der Waals surface area contributed by atoms with Gasteiger partial charge in [0, 0.05) is 11.8 Å². The van der Waals surface area contributed by atoms with Crippen LogP contribution in [-0.2, 0) is 0 Å². The Kier molecular flexibility index (Phi) is 3.94. The molecule has 7 heteroatoms. The number of nitrogens with one attached hydrogen (secondary N) is 1. The van der Waals surface area contributed by atoms with Crippen molar-refractivity contribution in [1.29, 1.82) is 0 Å². The van der Waals surface area contributed by atoms with Gasteiger partial charge in [-0.25, -0.2) is 4.79 Å². The summed E-state index contributed by atoms with van der Waals surface area (Å²) in [5.74, 6) is 0. The van der Waals surface area contributed by atoms with E-state index in [2.05, 4.69) is 5.32 Å². The van der Waals surface area contributed by atoms with Gasteiger partial charge in [-0.1, -0.05) is 12.1 Å². The largest absolute Gasteiger partial charge is 0.465 e. The highest BCUT2D eigenvalue weighted by Crippen LogP contribution is 2.26. The summed E-state index contributed by atoms with van der Waals surface area (Å²) in [6.45, 7) is 0. The van der Waals surface area contributed by atoms with Gasteiger partial charge in [-0.15, -0.1) is 0 Å². The van der Waals surface area contributed by atoms with Gasteiger partial charge in [-0.3, -0.25) is 20.2 Å². The fourth-order valence-electron chi connectivity index (χ4n) is 1.86. The Hall–Kier alpha value is -3.22. The van der Waals surface area contributed by atoms with E-state index in [9.17, 15) is 19.7 Å². The van der Waals surface area contributed by atoms with Crippen LogP contribution < -0.4 is 5.32 Å². The fourth-order valence-corrected chi connectivity index (χ4v) is 1.86. The van der Waals surface area contributed by atoms with Crippen molar-refractivity contribution in [2.45, 2.75) is 0 Å². The van der Waals surface area contributed by atoms with Crippen LogP contribution in [0.2, 0.25) is 0 Å². The van der Waals surface area contributed by atoms with Crippen molar-refractivity contribution in [1.82, 2.24) is 0 Å². The molecular formula is C14H10N2O5. The van der Waals surface area contributed by atoms with Gasteiger partial charge in [0.15, 0.2) is 6.29 Å². The van der Waals surface area contributed by atoms with Gasteiger partial charge in [0.1, 0.15) is 0 Å². The minimum absolute atomic E-state index is 0.00904. The van der Waals surface area contributed by atoms with Crippen LogP contribution in [0.3, 0.4) is 0 Å². The highest BCUT2D eigenvalue weighted by atomic mass is 16.6. The number of amides is 1. The second kappa shape index (κ2) is 5.83. The summed E-state index contributed by atoms with van der Waals surface area (Å²) in [4.78, 5) is 31.5. The number of hydrogen-bond acceptors (Lipinski definition) is 4. The van der Waals surface area contributed by atoms with Crippen molar-refractivity contribution in [3.8, 4) is 11.1 Å². The van der Waals surface area contributed by atoms with Crippen LogP contribution in [0.5, 0.6) is 0 Å². The molecule has 106 valence electrons. The molecule has 21 heavy (non-hydrogen) atoms. The predicted octanol–water partition coefficient (Wildman–Crippen LogP) is 3.16. The molecule has 0 heterocycles. The number of rotatable bonds is 4. The molecule has 0 fully saturated rings. The average Bonchev–Trinajstić information content (AvgIpc) is 2.46. The van der Waals surface area contributed by atoms with Gasteiger partial charge in [0.2, 0.25) is 0 Å².